The molecule has 1 aromatic carbocycles. The summed E-state index contributed by atoms with van der Waals surface area (Å²) in [5.74, 6) is 0. The topological polar surface area (TPSA) is 48.3 Å². The number of ether oxygens (including phenoxy) is 1. The van der Waals surface area contributed by atoms with Crippen LogP contribution in [0.1, 0.15) is 12.5 Å². The van der Waals surface area contributed by atoms with E-state index in [9.17, 15) is 0 Å². The summed E-state index contributed by atoms with van der Waals surface area (Å²) in [6.45, 7) is 6.66. The maximum Gasteiger partial charge on any atom is 0.0992 e. The summed E-state index contributed by atoms with van der Waals surface area (Å²) in [4.78, 5) is 2.37. The van der Waals surface area contributed by atoms with E-state index in [-0.39, 0.29) is 6.10 Å². The number of morpholine rings is 1. The molecule has 1 aliphatic rings. The van der Waals surface area contributed by atoms with Crippen LogP contribution >= 0.6 is 11.6 Å². The lowest BCUT2D eigenvalue weighted by molar-refractivity contribution is -0.0191. The zero-order chi connectivity index (χ0) is 13.7. The van der Waals surface area contributed by atoms with Gasteiger partial charge in [0, 0.05) is 19.6 Å². The van der Waals surface area contributed by atoms with Gasteiger partial charge < -0.3 is 10.1 Å². The van der Waals surface area contributed by atoms with Crippen molar-refractivity contribution in [2.24, 2.45) is 0 Å². The van der Waals surface area contributed by atoms with E-state index in [1.807, 2.05) is 6.07 Å². The third-order valence-corrected chi connectivity index (χ3v) is 3.60. The Hall–Kier alpha value is -1.28. The van der Waals surface area contributed by atoms with Gasteiger partial charge in [-0.2, -0.15) is 5.26 Å². The summed E-state index contributed by atoms with van der Waals surface area (Å²) < 4.78 is 5.72. The zero-order valence-electron chi connectivity index (χ0n) is 11.0. The minimum absolute atomic E-state index is 0.181. The van der Waals surface area contributed by atoms with Crippen LogP contribution in [0.15, 0.2) is 18.2 Å². The Balaban J connectivity index is 1.90. The summed E-state index contributed by atoms with van der Waals surface area (Å²) >= 11 is 6.12. The van der Waals surface area contributed by atoms with Crippen LogP contribution < -0.4 is 5.32 Å². The van der Waals surface area contributed by atoms with E-state index in [0.717, 1.165) is 38.5 Å². The predicted molar refractivity (Wildman–Crippen MR) is 76.5 cm³/mol. The number of halogens is 1. The molecule has 1 heterocycles. The highest BCUT2D eigenvalue weighted by Gasteiger charge is 2.19. The molecular formula is C14H18ClN3O. The Morgan fingerprint density at radius 3 is 3.11 bits per heavy atom. The number of anilines is 1. The molecule has 1 saturated heterocycles. The zero-order valence-corrected chi connectivity index (χ0v) is 11.8. The molecule has 102 valence electrons. The van der Waals surface area contributed by atoms with E-state index >= 15 is 0 Å². The smallest absolute Gasteiger partial charge is 0.0992 e. The molecule has 0 bridgehead atoms. The number of rotatable bonds is 4. The fraction of sp³-hybridized carbons (Fsp3) is 0.500. The normalized spacial score (nSPS) is 19.9. The highest BCUT2D eigenvalue weighted by molar-refractivity contribution is 6.33. The fourth-order valence-electron chi connectivity index (χ4n) is 2.14. The molecule has 1 atom stereocenters. The van der Waals surface area contributed by atoms with E-state index in [1.165, 1.54) is 0 Å². The number of hydrogen-bond acceptors (Lipinski definition) is 4. The van der Waals surface area contributed by atoms with Gasteiger partial charge >= 0.3 is 0 Å². The number of hydrogen-bond donors (Lipinski definition) is 1. The first kappa shape index (κ1) is 14.1. The van der Waals surface area contributed by atoms with Gasteiger partial charge in [-0.05, 0) is 24.7 Å². The lowest BCUT2D eigenvalue weighted by atomic mass is 10.2. The molecule has 1 aromatic rings. The second kappa shape index (κ2) is 6.76. The molecule has 0 spiro atoms. The van der Waals surface area contributed by atoms with Crippen LogP contribution in [0.3, 0.4) is 0 Å². The molecule has 0 aliphatic carbocycles. The first-order valence-corrected chi connectivity index (χ1v) is 6.88. The van der Waals surface area contributed by atoms with E-state index in [4.69, 9.17) is 21.6 Å². The number of benzene rings is 1. The van der Waals surface area contributed by atoms with E-state index in [1.54, 1.807) is 12.1 Å². The van der Waals surface area contributed by atoms with Crippen molar-refractivity contribution < 1.29 is 4.74 Å². The molecule has 0 radical (unpaired) electrons. The molecule has 0 saturated carbocycles. The predicted octanol–water partition coefficient (Wildman–Crippen LogP) is 2.34. The second-order valence-corrected chi connectivity index (χ2v) is 4.98. The van der Waals surface area contributed by atoms with Crippen molar-refractivity contribution in [3.63, 3.8) is 0 Å². The maximum absolute atomic E-state index is 8.79. The molecule has 19 heavy (non-hydrogen) atoms. The van der Waals surface area contributed by atoms with Crippen molar-refractivity contribution in [2.75, 3.05) is 38.1 Å². The largest absolute Gasteiger partial charge is 0.381 e. The van der Waals surface area contributed by atoms with Crippen LogP contribution in [0, 0.1) is 11.3 Å². The summed E-state index contributed by atoms with van der Waals surface area (Å²) in [6.07, 6.45) is 0.181. The number of nitrogens with zero attached hydrogens (tertiary/aromatic N) is 2. The van der Waals surface area contributed by atoms with Gasteiger partial charge in [0.05, 0.1) is 35.1 Å². The average molecular weight is 280 g/mol. The van der Waals surface area contributed by atoms with E-state index in [2.05, 4.69) is 23.2 Å². The second-order valence-electron chi connectivity index (χ2n) is 4.57. The number of likely N-dealkylation sites (N-methyl/N-ethyl adjacent to an activating group) is 1. The quantitative estimate of drug-likeness (QED) is 0.919. The van der Waals surface area contributed by atoms with Gasteiger partial charge in [-0.25, -0.2) is 0 Å². The molecule has 1 unspecified atom stereocenters. The fourth-order valence-corrected chi connectivity index (χ4v) is 2.39. The number of nitrogens with one attached hydrogen (secondary N) is 1. The van der Waals surface area contributed by atoms with Gasteiger partial charge in [-0.1, -0.05) is 18.5 Å². The van der Waals surface area contributed by atoms with Crippen LogP contribution in [0.5, 0.6) is 0 Å². The first-order valence-electron chi connectivity index (χ1n) is 6.50. The average Bonchev–Trinajstić information content (AvgIpc) is 2.46. The third-order valence-electron chi connectivity index (χ3n) is 3.29. The molecule has 2 rings (SSSR count). The summed E-state index contributed by atoms with van der Waals surface area (Å²) in [7, 11) is 0. The minimum atomic E-state index is 0.181. The van der Waals surface area contributed by atoms with Gasteiger partial charge in [-0.3, -0.25) is 4.90 Å². The monoisotopic (exact) mass is 279 g/mol. The number of nitriles is 1. The molecule has 4 nitrogen and oxygen atoms in total. The van der Waals surface area contributed by atoms with E-state index < -0.39 is 0 Å². The van der Waals surface area contributed by atoms with Gasteiger partial charge in [-0.15, -0.1) is 0 Å². The van der Waals surface area contributed by atoms with E-state index in [0.29, 0.717) is 10.6 Å². The van der Waals surface area contributed by atoms with Crippen molar-refractivity contribution in [2.45, 2.75) is 13.0 Å². The highest BCUT2D eigenvalue weighted by atomic mass is 35.5. The van der Waals surface area contributed by atoms with Crippen LogP contribution in [-0.4, -0.2) is 43.8 Å². The van der Waals surface area contributed by atoms with Gasteiger partial charge in [0.15, 0.2) is 0 Å². The van der Waals surface area contributed by atoms with Crippen molar-refractivity contribution in [3.05, 3.63) is 28.8 Å². The minimum Gasteiger partial charge on any atom is -0.381 e. The van der Waals surface area contributed by atoms with Crippen molar-refractivity contribution in [1.82, 2.24) is 4.90 Å². The SMILES string of the molecule is CCN1CCOC(CNc2ccc(C#N)cc2Cl)C1. The molecular weight excluding hydrogens is 262 g/mol. The molecule has 5 heteroatoms. The Labute approximate surface area is 118 Å². The Kier molecular flexibility index (Phi) is 5.03. The molecule has 0 aromatic heterocycles. The van der Waals surface area contributed by atoms with Gasteiger partial charge in [0.2, 0.25) is 0 Å². The van der Waals surface area contributed by atoms with Crippen molar-refractivity contribution in [1.29, 1.82) is 5.26 Å². The summed E-state index contributed by atoms with van der Waals surface area (Å²) in [6, 6.07) is 7.33. The highest BCUT2D eigenvalue weighted by Crippen LogP contribution is 2.23. The van der Waals surface area contributed by atoms with Crippen LogP contribution in [-0.2, 0) is 4.74 Å². The summed E-state index contributed by atoms with van der Waals surface area (Å²) in [5.41, 5.74) is 1.42. The Morgan fingerprint density at radius 2 is 2.42 bits per heavy atom. The Morgan fingerprint density at radius 1 is 1.58 bits per heavy atom. The standard InChI is InChI=1S/C14H18ClN3O/c1-2-18-5-6-19-12(10-18)9-17-14-4-3-11(8-16)7-13(14)15/h3-4,7,12,17H,2,5-6,9-10H2,1H3. The van der Waals surface area contributed by atoms with Gasteiger partial charge in [0.1, 0.15) is 0 Å². The molecule has 1 N–H and O–H groups in total. The molecule has 1 aliphatic heterocycles. The van der Waals surface area contributed by atoms with Crippen LogP contribution in [0.4, 0.5) is 5.69 Å². The van der Waals surface area contributed by atoms with Crippen LogP contribution in [0.2, 0.25) is 5.02 Å². The first-order chi connectivity index (χ1) is 9.22. The lowest BCUT2D eigenvalue weighted by Gasteiger charge is -2.32. The Bertz CT molecular complexity index is 472. The molecule has 1 fully saturated rings. The summed E-state index contributed by atoms with van der Waals surface area (Å²) in [5, 5.41) is 12.6. The van der Waals surface area contributed by atoms with Crippen LogP contribution in [0.25, 0.3) is 0 Å². The van der Waals surface area contributed by atoms with Gasteiger partial charge in [0.25, 0.3) is 0 Å². The third kappa shape index (κ3) is 3.84. The lowest BCUT2D eigenvalue weighted by Crippen LogP contribution is -2.45. The maximum atomic E-state index is 8.79. The van der Waals surface area contributed by atoms with Crippen molar-refractivity contribution >= 4 is 17.3 Å². The van der Waals surface area contributed by atoms with Crippen molar-refractivity contribution in [3.8, 4) is 6.07 Å². The molecule has 0 amide bonds.